The van der Waals surface area contributed by atoms with Crippen molar-refractivity contribution < 1.29 is 13.2 Å². The van der Waals surface area contributed by atoms with Crippen LogP contribution in [0.1, 0.15) is 0 Å². The molecule has 0 aliphatic rings. The molecule has 0 atom stereocenters. The Kier molecular flexibility index (Phi) is 3.05. The molecule has 0 aliphatic heterocycles. The van der Waals surface area contributed by atoms with Gasteiger partial charge in [0.15, 0.2) is 9.84 Å². The van der Waals surface area contributed by atoms with Crippen molar-refractivity contribution in [2.75, 3.05) is 17.3 Å². The van der Waals surface area contributed by atoms with Crippen molar-refractivity contribution >= 4 is 32.8 Å². The minimum absolute atomic E-state index is 0.469. The normalized spacial score (nSPS) is 11.2. The smallest absolute Gasteiger partial charge is 0.239 e. The maximum atomic E-state index is 11.0. The molecular weight excluding hydrogens is 210 g/mol. The van der Waals surface area contributed by atoms with Crippen LogP contribution in [0.5, 0.6) is 0 Å². The van der Waals surface area contributed by atoms with Gasteiger partial charge in [0.05, 0.1) is 5.69 Å². The van der Waals surface area contributed by atoms with E-state index >= 15 is 0 Å². The van der Waals surface area contributed by atoms with Crippen molar-refractivity contribution in [2.24, 2.45) is 0 Å². The first-order valence-electron chi connectivity index (χ1n) is 3.47. The van der Waals surface area contributed by atoms with Gasteiger partial charge in [0, 0.05) is 11.6 Å². The number of carbonyl (C=O) groups excluding carboxylic acids is 1. The summed E-state index contributed by atoms with van der Waals surface area (Å²) in [6.07, 6.45) is 1.03. The summed E-state index contributed by atoms with van der Waals surface area (Å²) in [5, 5.41) is 6.01. The first-order chi connectivity index (χ1) is 5.97. The fourth-order valence-corrected chi connectivity index (χ4v) is 1.91. The SMILES string of the molecule is CS(=O)(=O)CC(=O)Nc1ccsc1. The van der Waals surface area contributed by atoms with Gasteiger partial charge in [-0.15, -0.1) is 0 Å². The molecule has 1 aromatic heterocycles. The van der Waals surface area contributed by atoms with Crippen molar-refractivity contribution in [3.8, 4) is 0 Å². The molecule has 0 spiro atoms. The van der Waals surface area contributed by atoms with Crippen molar-refractivity contribution in [3.05, 3.63) is 16.8 Å². The lowest BCUT2D eigenvalue weighted by molar-refractivity contribution is -0.113. The maximum absolute atomic E-state index is 11.0. The highest BCUT2D eigenvalue weighted by Gasteiger charge is 2.10. The molecule has 72 valence electrons. The number of hydrogen-bond acceptors (Lipinski definition) is 4. The molecule has 1 N–H and O–H groups in total. The van der Waals surface area contributed by atoms with Crippen LogP contribution in [-0.4, -0.2) is 26.3 Å². The number of amides is 1. The quantitative estimate of drug-likeness (QED) is 0.815. The Morgan fingerprint density at radius 3 is 2.77 bits per heavy atom. The molecule has 1 amide bonds. The number of thiophene rings is 1. The number of anilines is 1. The largest absolute Gasteiger partial charge is 0.324 e. The highest BCUT2D eigenvalue weighted by atomic mass is 32.2. The van der Waals surface area contributed by atoms with E-state index in [-0.39, 0.29) is 0 Å². The highest BCUT2D eigenvalue weighted by Crippen LogP contribution is 2.11. The number of nitrogens with one attached hydrogen (secondary N) is 1. The standard InChI is InChI=1S/C7H9NO3S2/c1-13(10,11)5-7(9)8-6-2-3-12-4-6/h2-4H,5H2,1H3,(H,8,9). The minimum atomic E-state index is -3.24. The van der Waals surface area contributed by atoms with E-state index in [1.165, 1.54) is 11.3 Å². The summed E-state index contributed by atoms with van der Waals surface area (Å²) < 4.78 is 21.4. The molecule has 1 rings (SSSR count). The summed E-state index contributed by atoms with van der Waals surface area (Å²) in [5.74, 6) is -0.969. The number of hydrogen-bond donors (Lipinski definition) is 1. The molecule has 0 saturated heterocycles. The first-order valence-corrected chi connectivity index (χ1v) is 6.47. The molecular formula is C7H9NO3S2. The average molecular weight is 219 g/mol. The lowest BCUT2D eigenvalue weighted by Gasteiger charge is -1.99. The van der Waals surface area contributed by atoms with Crippen molar-refractivity contribution in [3.63, 3.8) is 0 Å². The van der Waals surface area contributed by atoms with Crippen LogP contribution < -0.4 is 5.32 Å². The fourth-order valence-electron chi connectivity index (χ4n) is 0.771. The molecule has 0 aromatic carbocycles. The summed E-state index contributed by atoms with van der Waals surface area (Å²) in [5.41, 5.74) is 0.638. The molecule has 0 unspecified atom stereocenters. The monoisotopic (exact) mass is 219 g/mol. The van der Waals surface area contributed by atoms with E-state index in [4.69, 9.17) is 0 Å². The van der Waals surface area contributed by atoms with Crippen LogP contribution in [0, 0.1) is 0 Å². The third-order valence-corrected chi connectivity index (χ3v) is 2.67. The Hall–Kier alpha value is -0.880. The Labute approximate surface area is 80.5 Å². The van der Waals surface area contributed by atoms with E-state index in [2.05, 4.69) is 5.32 Å². The summed E-state index contributed by atoms with van der Waals surface area (Å²) in [6.45, 7) is 0. The molecule has 0 aliphatic carbocycles. The lowest BCUT2D eigenvalue weighted by atomic mass is 10.5. The third-order valence-electron chi connectivity index (χ3n) is 1.20. The molecule has 4 nitrogen and oxygen atoms in total. The van der Waals surface area contributed by atoms with Crippen molar-refractivity contribution in [1.82, 2.24) is 0 Å². The maximum Gasteiger partial charge on any atom is 0.239 e. The molecule has 0 fully saturated rings. The minimum Gasteiger partial charge on any atom is -0.324 e. The summed E-state index contributed by atoms with van der Waals surface area (Å²) in [4.78, 5) is 11.0. The van der Waals surface area contributed by atoms with E-state index in [0.29, 0.717) is 5.69 Å². The predicted molar refractivity (Wildman–Crippen MR) is 52.7 cm³/mol. The molecule has 1 heterocycles. The zero-order valence-corrected chi connectivity index (χ0v) is 8.61. The molecule has 0 bridgehead atoms. The van der Waals surface area contributed by atoms with Crippen LogP contribution in [0.4, 0.5) is 5.69 Å². The zero-order valence-electron chi connectivity index (χ0n) is 6.98. The second-order valence-electron chi connectivity index (χ2n) is 2.63. The van der Waals surface area contributed by atoms with Gasteiger partial charge in [0.2, 0.25) is 5.91 Å². The summed E-state index contributed by atoms with van der Waals surface area (Å²) in [6, 6.07) is 1.71. The van der Waals surface area contributed by atoms with Gasteiger partial charge in [-0.2, -0.15) is 11.3 Å². The average Bonchev–Trinajstić information content (AvgIpc) is 2.34. The van der Waals surface area contributed by atoms with Gasteiger partial charge >= 0.3 is 0 Å². The summed E-state index contributed by atoms with van der Waals surface area (Å²) >= 11 is 1.44. The molecule has 1 aromatic rings. The van der Waals surface area contributed by atoms with Crippen LogP contribution in [0.25, 0.3) is 0 Å². The second kappa shape index (κ2) is 3.89. The van der Waals surface area contributed by atoms with Gasteiger partial charge < -0.3 is 5.32 Å². The van der Waals surface area contributed by atoms with E-state index in [9.17, 15) is 13.2 Å². The van der Waals surface area contributed by atoms with Crippen molar-refractivity contribution in [2.45, 2.75) is 0 Å². The van der Waals surface area contributed by atoms with Crippen LogP contribution >= 0.6 is 11.3 Å². The van der Waals surface area contributed by atoms with E-state index in [0.717, 1.165) is 6.26 Å². The third kappa shape index (κ3) is 4.05. The fraction of sp³-hybridized carbons (Fsp3) is 0.286. The van der Waals surface area contributed by atoms with E-state index in [1.807, 2.05) is 0 Å². The van der Waals surface area contributed by atoms with Gasteiger partial charge in [-0.1, -0.05) is 0 Å². The van der Waals surface area contributed by atoms with Gasteiger partial charge in [-0.05, 0) is 11.4 Å². The van der Waals surface area contributed by atoms with E-state index in [1.54, 1.807) is 16.8 Å². The molecule has 0 radical (unpaired) electrons. The Bertz CT molecular complexity index is 380. The van der Waals surface area contributed by atoms with Crippen LogP contribution in [0.3, 0.4) is 0 Å². The highest BCUT2D eigenvalue weighted by molar-refractivity contribution is 7.91. The lowest BCUT2D eigenvalue weighted by Crippen LogP contribution is -2.21. The molecule has 0 saturated carbocycles. The Morgan fingerprint density at radius 1 is 1.62 bits per heavy atom. The Balaban J connectivity index is 2.53. The second-order valence-corrected chi connectivity index (χ2v) is 5.55. The van der Waals surface area contributed by atoms with Gasteiger partial charge in [0.25, 0.3) is 0 Å². The van der Waals surface area contributed by atoms with Crippen molar-refractivity contribution in [1.29, 1.82) is 0 Å². The number of rotatable bonds is 3. The van der Waals surface area contributed by atoms with Gasteiger partial charge in [0.1, 0.15) is 5.75 Å². The predicted octanol–water partition coefficient (Wildman–Crippen LogP) is 0.731. The number of sulfone groups is 1. The van der Waals surface area contributed by atoms with Crippen LogP contribution in [-0.2, 0) is 14.6 Å². The van der Waals surface area contributed by atoms with Crippen LogP contribution in [0.15, 0.2) is 16.8 Å². The Morgan fingerprint density at radius 2 is 2.31 bits per heavy atom. The molecule has 13 heavy (non-hydrogen) atoms. The zero-order chi connectivity index (χ0) is 9.90. The topological polar surface area (TPSA) is 63.2 Å². The summed E-state index contributed by atoms with van der Waals surface area (Å²) in [7, 11) is -3.24. The first kappa shape index (κ1) is 10.2. The van der Waals surface area contributed by atoms with Gasteiger partial charge in [-0.3, -0.25) is 4.79 Å². The number of carbonyl (C=O) groups is 1. The van der Waals surface area contributed by atoms with Gasteiger partial charge in [-0.25, -0.2) is 8.42 Å². The molecule has 6 heteroatoms. The van der Waals surface area contributed by atoms with E-state index < -0.39 is 21.5 Å². The van der Waals surface area contributed by atoms with Crippen LogP contribution in [0.2, 0.25) is 0 Å².